The van der Waals surface area contributed by atoms with Gasteiger partial charge in [0.2, 0.25) is 5.91 Å². The third-order valence-corrected chi connectivity index (χ3v) is 6.86. The number of nitrogens with one attached hydrogen (secondary N) is 2. The van der Waals surface area contributed by atoms with Crippen molar-refractivity contribution in [3.05, 3.63) is 90.1 Å². The zero-order chi connectivity index (χ0) is 27.4. The number of ether oxygens (including phenoxy) is 1. The minimum atomic E-state index is -0.169. The third-order valence-electron chi connectivity index (χ3n) is 6.86. The summed E-state index contributed by atoms with van der Waals surface area (Å²) in [6.45, 7) is 8.73. The summed E-state index contributed by atoms with van der Waals surface area (Å²) in [6.07, 6.45) is 3.88. The fourth-order valence-corrected chi connectivity index (χ4v) is 4.70. The van der Waals surface area contributed by atoms with Crippen LogP contribution >= 0.6 is 0 Å². The summed E-state index contributed by atoms with van der Waals surface area (Å²) in [7, 11) is 0. The Morgan fingerprint density at radius 3 is 2.44 bits per heavy atom. The molecule has 0 bridgehead atoms. The van der Waals surface area contributed by atoms with Crippen molar-refractivity contribution in [1.29, 1.82) is 0 Å². The van der Waals surface area contributed by atoms with Crippen LogP contribution in [0.5, 0.6) is 11.5 Å². The molecule has 39 heavy (non-hydrogen) atoms. The van der Waals surface area contributed by atoms with E-state index < -0.39 is 0 Å². The van der Waals surface area contributed by atoms with Gasteiger partial charge in [0.15, 0.2) is 0 Å². The Kier molecular flexibility index (Phi) is 7.61. The number of hydrogen-bond acceptors (Lipinski definition) is 5. The van der Waals surface area contributed by atoms with Crippen molar-refractivity contribution in [1.82, 2.24) is 9.88 Å². The van der Waals surface area contributed by atoms with E-state index in [4.69, 9.17) is 4.74 Å². The lowest BCUT2D eigenvalue weighted by Crippen LogP contribution is -2.31. The van der Waals surface area contributed by atoms with Crippen molar-refractivity contribution in [3.63, 3.8) is 0 Å². The average Bonchev–Trinajstić information content (AvgIpc) is 3.41. The van der Waals surface area contributed by atoms with E-state index >= 15 is 0 Å². The number of benzene rings is 3. The number of pyridine rings is 1. The lowest BCUT2D eigenvalue weighted by molar-refractivity contribution is -0.117. The average molecular weight is 523 g/mol. The fourth-order valence-electron chi connectivity index (χ4n) is 4.70. The fraction of sp³-hybridized carbons (Fsp3) is 0.281. The quantitative estimate of drug-likeness (QED) is 0.285. The second-order valence-electron chi connectivity index (χ2n) is 11.0. The molecule has 4 aromatic rings. The van der Waals surface area contributed by atoms with E-state index in [-0.39, 0.29) is 17.2 Å². The zero-order valence-corrected chi connectivity index (χ0v) is 22.7. The normalized spacial score (nSPS) is 13.8. The Bertz CT molecular complexity index is 1500. The molecule has 0 atom stereocenters. The lowest BCUT2D eigenvalue weighted by Gasteiger charge is -2.20. The van der Waals surface area contributed by atoms with Gasteiger partial charge in [-0.3, -0.25) is 14.5 Å². The molecule has 0 aliphatic carbocycles. The van der Waals surface area contributed by atoms with Crippen LogP contribution in [0.2, 0.25) is 0 Å². The first-order chi connectivity index (χ1) is 18.7. The number of rotatable bonds is 7. The predicted octanol–water partition coefficient (Wildman–Crippen LogP) is 6.61. The van der Waals surface area contributed by atoms with Crippen LogP contribution < -0.4 is 15.4 Å². The maximum Gasteiger partial charge on any atom is 0.255 e. The van der Waals surface area contributed by atoms with Crippen LogP contribution in [0.1, 0.15) is 49.5 Å². The van der Waals surface area contributed by atoms with Gasteiger partial charge < -0.3 is 15.4 Å². The highest BCUT2D eigenvalue weighted by molar-refractivity contribution is 6.06. The number of nitrogens with zero attached hydrogens (tertiary/aromatic N) is 2. The maximum atomic E-state index is 13.0. The van der Waals surface area contributed by atoms with Crippen LogP contribution in [0.25, 0.3) is 10.8 Å². The van der Waals surface area contributed by atoms with Crippen molar-refractivity contribution < 1.29 is 14.3 Å². The molecule has 2 amide bonds. The third kappa shape index (κ3) is 6.81. The lowest BCUT2D eigenvalue weighted by atomic mass is 9.87. The number of carbonyl (C=O) groups excluding carboxylic acids is 2. The van der Waals surface area contributed by atoms with Crippen LogP contribution in [0, 0.1) is 0 Å². The smallest absolute Gasteiger partial charge is 0.255 e. The molecule has 5 rings (SSSR count). The molecule has 2 heterocycles. The zero-order valence-electron chi connectivity index (χ0n) is 22.7. The molecule has 1 aliphatic rings. The monoisotopic (exact) mass is 522 g/mol. The number of carbonyl (C=O) groups is 2. The number of likely N-dealkylation sites (tertiary alicyclic amines) is 1. The van der Waals surface area contributed by atoms with Gasteiger partial charge in [-0.1, -0.05) is 45.0 Å². The molecule has 0 radical (unpaired) electrons. The van der Waals surface area contributed by atoms with Gasteiger partial charge in [-0.05, 0) is 90.1 Å². The molecule has 0 unspecified atom stereocenters. The molecule has 1 aromatic heterocycles. The van der Waals surface area contributed by atoms with Gasteiger partial charge >= 0.3 is 0 Å². The van der Waals surface area contributed by atoms with Crippen molar-refractivity contribution in [2.45, 2.75) is 39.0 Å². The van der Waals surface area contributed by atoms with Crippen molar-refractivity contribution in [2.75, 3.05) is 30.3 Å². The van der Waals surface area contributed by atoms with Crippen LogP contribution in [-0.4, -0.2) is 41.3 Å². The number of anilines is 2. The Hall–Kier alpha value is -4.23. The molecule has 200 valence electrons. The number of aromatic nitrogens is 1. The van der Waals surface area contributed by atoms with Gasteiger partial charge in [-0.15, -0.1) is 0 Å². The van der Waals surface area contributed by atoms with Gasteiger partial charge in [-0.25, -0.2) is 4.98 Å². The first kappa shape index (κ1) is 26.4. The summed E-state index contributed by atoms with van der Waals surface area (Å²) in [4.78, 5) is 31.8. The summed E-state index contributed by atoms with van der Waals surface area (Å²) in [5.74, 6) is 1.39. The van der Waals surface area contributed by atoms with Crippen molar-refractivity contribution in [3.8, 4) is 11.5 Å². The minimum absolute atomic E-state index is 0.00510. The molecule has 3 aromatic carbocycles. The molecule has 7 heteroatoms. The topological polar surface area (TPSA) is 83.6 Å². The SMILES string of the molecule is CC(C)(C)c1cccc(NC(=O)c2ccc3ccc(Oc4ccnc(NC(=O)CN5CCCC5)c4)cc3c2)c1. The molecule has 7 nitrogen and oxygen atoms in total. The van der Waals surface area contributed by atoms with Gasteiger partial charge in [0.05, 0.1) is 6.54 Å². The maximum absolute atomic E-state index is 13.0. The van der Waals surface area contributed by atoms with Crippen LogP contribution in [0.15, 0.2) is 79.0 Å². The highest BCUT2D eigenvalue weighted by Crippen LogP contribution is 2.28. The molecule has 1 aliphatic heterocycles. The van der Waals surface area contributed by atoms with E-state index in [1.165, 1.54) is 0 Å². The van der Waals surface area contributed by atoms with E-state index in [2.05, 4.69) is 47.4 Å². The Morgan fingerprint density at radius 1 is 0.872 bits per heavy atom. The summed E-state index contributed by atoms with van der Waals surface area (Å²) < 4.78 is 6.08. The van der Waals surface area contributed by atoms with Gasteiger partial charge in [-0.2, -0.15) is 0 Å². The first-order valence-electron chi connectivity index (χ1n) is 13.3. The number of hydrogen-bond donors (Lipinski definition) is 2. The Balaban J connectivity index is 1.28. The van der Waals surface area contributed by atoms with Crippen LogP contribution in [0.4, 0.5) is 11.5 Å². The van der Waals surface area contributed by atoms with E-state index in [1.54, 1.807) is 18.3 Å². The minimum Gasteiger partial charge on any atom is -0.457 e. The molecule has 1 fully saturated rings. The van der Waals surface area contributed by atoms with E-state index in [1.807, 2.05) is 54.6 Å². The van der Waals surface area contributed by atoms with Gasteiger partial charge in [0, 0.05) is 23.5 Å². The summed E-state index contributed by atoms with van der Waals surface area (Å²) in [5.41, 5.74) is 2.49. The highest BCUT2D eigenvalue weighted by atomic mass is 16.5. The van der Waals surface area contributed by atoms with Gasteiger partial charge in [0.1, 0.15) is 17.3 Å². The predicted molar refractivity (Wildman–Crippen MR) is 156 cm³/mol. The molecule has 0 saturated carbocycles. The number of fused-ring (bicyclic) bond motifs is 1. The Labute approximate surface area is 229 Å². The Morgan fingerprint density at radius 2 is 1.64 bits per heavy atom. The largest absolute Gasteiger partial charge is 0.457 e. The molecular formula is C32H34N4O3. The summed E-state index contributed by atoms with van der Waals surface area (Å²) in [5, 5.41) is 7.76. The van der Waals surface area contributed by atoms with Crippen LogP contribution in [-0.2, 0) is 10.2 Å². The highest BCUT2D eigenvalue weighted by Gasteiger charge is 2.16. The second-order valence-corrected chi connectivity index (χ2v) is 11.0. The standard InChI is InChI=1S/C32H34N4O3/c1-32(2,3)25-7-6-8-26(19-25)34-31(38)23-10-9-22-11-12-27(18-24(22)17-23)39-28-13-14-33-29(20-28)35-30(37)21-36-15-4-5-16-36/h6-14,17-20H,4-5,15-16,21H2,1-3H3,(H,34,38)(H,33,35,37). The van der Waals surface area contributed by atoms with E-state index in [0.29, 0.717) is 29.4 Å². The van der Waals surface area contributed by atoms with Crippen molar-refractivity contribution >= 4 is 34.1 Å². The summed E-state index contributed by atoms with van der Waals surface area (Å²) >= 11 is 0. The van der Waals surface area contributed by atoms with Crippen LogP contribution in [0.3, 0.4) is 0 Å². The summed E-state index contributed by atoms with van der Waals surface area (Å²) in [6, 6.07) is 22.8. The van der Waals surface area contributed by atoms with Crippen molar-refractivity contribution in [2.24, 2.45) is 0 Å². The second kappa shape index (κ2) is 11.3. The molecule has 1 saturated heterocycles. The molecule has 0 spiro atoms. The van der Waals surface area contributed by atoms with E-state index in [0.717, 1.165) is 48.0 Å². The number of amides is 2. The van der Waals surface area contributed by atoms with Gasteiger partial charge in [0.25, 0.3) is 5.91 Å². The van der Waals surface area contributed by atoms with E-state index in [9.17, 15) is 9.59 Å². The molecule has 2 N–H and O–H groups in total. The first-order valence-corrected chi connectivity index (χ1v) is 13.3. The molecular weight excluding hydrogens is 488 g/mol.